The number of benzene rings is 2. The Bertz CT molecular complexity index is 651. The molecule has 2 nitrogen and oxygen atoms in total. The average Bonchev–Trinajstić information content (AvgIpc) is 2.58. The van der Waals surface area contributed by atoms with Crippen molar-refractivity contribution in [2.75, 3.05) is 25.1 Å². The van der Waals surface area contributed by atoms with E-state index in [1.807, 2.05) is 0 Å². The van der Waals surface area contributed by atoms with Crippen molar-refractivity contribution in [1.82, 2.24) is 0 Å². The summed E-state index contributed by atoms with van der Waals surface area (Å²) in [6, 6.07) is 13.7. The second kappa shape index (κ2) is 7.51. The van der Waals surface area contributed by atoms with Crippen LogP contribution in [-0.4, -0.2) is 20.2 Å². The quantitative estimate of drug-likeness (QED) is 0.647. The van der Waals surface area contributed by atoms with E-state index in [4.69, 9.17) is 4.74 Å². The third-order valence-corrected chi connectivity index (χ3v) is 5.27. The van der Waals surface area contributed by atoms with Gasteiger partial charge >= 0.3 is 0 Å². The lowest BCUT2D eigenvalue weighted by Gasteiger charge is -2.34. The van der Waals surface area contributed by atoms with E-state index in [1.54, 1.807) is 19.2 Å². The lowest BCUT2D eigenvalue weighted by atomic mass is 9.90. The van der Waals surface area contributed by atoms with Crippen molar-refractivity contribution in [1.29, 1.82) is 0 Å². The van der Waals surface area contributed by atoms with E-state index in [-0.39, 0.29) is 5.82 Å². The molecule has 122 valence electrons. The minimum absolute atomic E-state index is 0.165. The minimum Gasteiger partial charge on any atom is -0.497 e. The van der Waals surface area contributed by atoms with Crippen molar-refractivity contribution in [2.24, 2.45) is 5.92 Å². The van der Waals surface area contributed by atoms with E-state index >= 15 is 0 Å². The molecule has 1 saturated heterocycles. The first-order chi connectivity index (χ1) is 11.2. The van der Waals surface area contributed by atoms with Gasteiger partial charge in [0.15, 0.2) is 0 Å². The van der Waals surface area contributed by atoms with Gasteiger partial charge in [-0.15, -0.1) is 0 Å². The predicted molar refractivity (Wildman–Crippen MR) is 101 cm³/mol. The second-order valence-electron chi connectivity index (χ2n) is 6.08. The number of piperidine rings is 1. The monoisotopic (exact) mass is 425 g/mol. The summed E-state index contributed by atoms with van der Waals surface area (Å²) in [5, 5.41) is 0. The van der Waals surface area contributed by atoms with Gasteiger partial charge in [-0.25, -0.2) is 4.39 Å². The van der Waals surface area contributed by atoms with Crippen LogP contribution in [-0.2, 0) is 6.42 Å². The Balaban J connectivity index is 1.61. The molecule has 2 aromatic rings. The summed E-state index contributed by atoms with van der Waals surface area (Å²) in [7, 11) is 1.62. The van der Waals surface area contributed by atoms with Gasteiger partial charge in [0, 0.05) is 22.7 Å². The number of halogens is 2. The third-order valence-electron chi connectivity index (χ3n) is 4.55. The van der Waals surface area contributed by atoms with E-state index in [2.05, 4.69) is 51.8 Å². The molecule has 0 aromatic heterocycles. The van der Waals surface area contributed by atoms with Crippen molar-refractivity contribution in [3.8, 4) is 5.75 Å². The predicted octanol–water partition coefficient (Wildman–Crippen LogP) is 4.90. The Morgan fingerprint density at radius 1 is 1.13 bits per heavy atom. The van der Waals surface area contributed by atoms with Crippen LogP contribution in [0.25, 0.3) is 0 Å². The van der Waals surface area contributed by atoms with Gasteiger partial charge in [-0.1, -0.05) is 12.1 Å². The van der Waals surface area contributed by atoms with Crippen LogP contribution >= 0.6 is 22.6 Å². The average molecular weight is 425 g/mol. The molecule has 0 spiro atoms. The molecule has 1 aliphatic rings. The summed E-state index contributed by atoms with van der Waals surface area (Å²) in [4.78, 5) is 2.14. The van der Waals surface area contributed by atoms with E-state index in [0.717, 1.165) is 32.4 Å². The van der Waals surface area contributed by atoms with Gasteiger partial charge in [-0.05, 0) is 77.6 Å². The zero-order valence-corrected chi connectivity index (χ0v) is 15.4. The van der Waals surface area contributed by atoms with E-state index in [1.165, 1.54) is 15.2 Å². The minimum atomic E-state index is -0.165. The fourth-order valence-electron chi connectivity index (χ4n) is 3.19. The van der Waals surface area contributed by atoms with Crippen LogP contribution in [0.15, 0.2) is 42.5 Å². The fourth-order valence-corrected chi connectivity index (χ4v) is 3.55. The van der Waals surface area contributed by atoms with E-state index < -0.39 is 0 Å². The van der Waals surface area contributed by atoms with Gasteiger partial charge in [0.05, 0.1) is 12.8 Å². The topological polar surface area (TPSA) is 12.5 Å². The molecule has 0 radical (unpaired) electrons. The maximum atomic E-state index is 14.1. The Hall–Kier alpha value is -1.30. The molecule has 23 heavy (non-hydrogen) atoms. The molecule has 0 saturated carbocycles. The molecule has 0 unspecified atom stereocenters. The van der Waals surface area contributed by atoms with Gasteiger partial charge in [0.1, 0.15) is 11.6 Å². The normalized spacial score (nSPS) is 15.7. The maximum Gasteiger partial charge on any atom is 0.146 e. The number of nitrogens with zero attached hydrogens (tertiary/aromatic N) is 1. The van der Waals surface area contributed by atoms with Crippen LogP contribution < -0.4 is 9.64 Å². The zero-order chi connectivity index (χ0) is 16.2. The van der Waals surface area contributed by atoms with Crippen molar-refractivity contribution >= 4 is 28.3 Å². The highest BCUT2D eigenvalue weighted by Gasteiger charge is 2.22. The van der Waals surface area contributed by atoms with Crippen LogP contribution in [0.3, 0.4) is 0 Å². The lowest BCUT2D eigenvalue weighted by Crippen LogP contribution is -2.34. The summed E-state index contributed by atoms with van der Waals surface area (Å²) >= 11 is 2.33. The van der Waals surface area contributed by atoms with Crippen LogP contribution in [0.5, 0.6) is 5.75 Å². The van der Waals surface area contributed by atoms with Crippen LogP contribution in [0.1, 0.15) is 18.4 Å². The van der Waals surface area contributed by atoms with Gasteiger partial charge in [-0.3, -0.25) is 0 Å². The summed E-state index contributed by atoms with van der Waals surface area (Å²) in [5.41, 5.74) is 2.06. The molecule has 1 fully saturated rings. The number of hydrogen-bond donors (Lipinski definition) is 0. The van der Waals surface area contributed by atoms with Crippen molar-refractivity contribution in [3.05, 3.63) is 57.4 Å². The lowest BCUT2D eigenvalue weighted by molar-refractivity contribution is 0.397. The molecule has 4 heteroatoms. The molecular weight excluding hydrogens is 404 g/mol. The highest BCUT2D eigenvalue weighted by Crippen LogP contribution is 2.30. The van der Waals surface area contributed by atoms with Crippen molar-refractivity contribution in [2.45, 2.75) is 19.3 Å². The summed E-state index contributed by atoms with van der Waals surface area (Å²) in [6.45, 7) is 1.80. The van der Waals surface area contributed by atoms with Crippen molar-refractivity contribution in [3.63, 3.8) is 0 Å². The van der Waals surface area contributed by atoms with Gasteiger partial charge < -0.3 is 9.64 Å². The third kappa shape index (κ3) is 4.16. The smallest absolute Gasteiger partial charge is 0.146 e. The summed E-state index contributed by atoms with van der Waals surface area (Å²) < 4.78 is 20.6. The molecule has 2 aromatic carbocycles. The Kier molecular flexibility index (Phi) is 5.41. The second-order valence-corrected chi connectivity index (χ2v) is 7.32. The van der Waals surface area contributed by atoms with Crippen molar-refractivity contribution < 1.29 is 9.13 Å². The Morgan fingerprint density at radius 3 is 2.48 bits per heavy atom. The Labute approximate surface area is 150 Å². The largest absolute Gasteiger partial charge is 0.497 e. The maximum absolute atomic E-state index is 14.1. The van der Waals surface area contributed by atoms with Crippen LogP contribution in [0.2, 0.25) is 0 Å². The molecule has 0 bridgehead atoms. The first-order valence-electron chi connectivity index (χ1n) is 7.98. The van der Waals surface area contributed by atoms with Gasteiger partial charge in [0.25, 0.3) is 0 Å². The first-order valence-corrected chi connectivity index (χ1v) is 9.06. The highest BCUT2D eigenvalue weighted by molar-refractivity contribution is 14.1. The SMILES string of the molecule is COc1ccc(F)c(N2CCC(Cc3ccc(I)cc3)CC2)c1. The standard InChI is InChI=1S/C19H21FINO/c1-23-17-6-7-18(20)19(13-17)22-10-8-15(9-11-22)12-14-2-4-16(21)5-3-14/h2-7,13,15H,8-12H2,1H3. The molecule has 0 aliphatic carbocycles. The highest BCUT2D eigenvalue weighted by atomic mass is 127. The van der Waals surface area contributed by atoms with Gasteiger partial charge in [0.2, 0.25) is 0 Å². The number of methoxy groups -OCH3 is 1. The Morgan fingerprint density at radius 2 is 1.83 bits per heavy atom. The number of anilines is 1. The number of rotatable bonds is 4. The molecule has 0 atom stereocenters. The number of hydrogen-bond acceptors (Lipinski definition) is 2. The molecular formula is C19H21FINO. The molecule has 0 N–H and O–H groups in total. The summed E-state index contributed by atoms with van der Waals surface area (Å²) in [5.74, 6) is 1.23. The first kappa shape index (κ1) is 16.6. The van der Waals surface area contributed by atoms with E-state index in [0.29, 0.717) is 17.4 Å². The molecule has 0 amide bonds. The van der Waals surface area contributed by atoms with Gasteiger partial charge in [-0.2, -0.15) is 0 Å². The molecule has 1 aliphatic heterocycles. The zero-order valence-electron chi connectivity index (χ0n) is 13.3. The molecule has 1 heterocycles. The number of ether oxygens (including phenoxy) is 1. The fraction of sp³-hybridized carbons (Fsp3) is 0.368. The van der Waals surface area contributed by atoms with Crippen LogP contribution in [0.4, 0.5) is 10.1 Å². The van der Waals surface area contributed by atoms with Crippen LogP contribution in [0, 0.1) is 15.3 Å². The summed E-state index contributed by atoms with van der Waals surface area (Å²) in [6.07, 6.45) is 3.32. The van der Waals surface area contributed by atoms with E-state index in [9.17, 15) is 4.39 Å². The molecule has 3 rings (SSSR count).